The number of benzene rings is 1. The smallest absolute Gasteiger partial charge is 0.266 e. The van der Waals surface area contributed by atoms with E-state index in [4.69, 9.17) is 4.74 Å². The van der Waals surface area contributed by atoms with Crippen LogP contribution in [0.2, 0.25) is 0 Å². The van der Waals surface area contributed by atoms with Crippen LogP contribution in [0.1, 0.15) is 19.8 Å². The van der Waals surface area contributed by atoms with Gasteiger partial charge < -0.3 is 14.7 Å². The Morgan fingerprint density at radius 1 is 1.26 bits per heavy atom. The Balaban J connectivity index is 1.83. The van der Waals surface area contributed by atoms with E-state index < -0.39 is 24.2 Å². The van der Waals surface area contributed by atoms with E-state index in [1.807, 2.05) is 6.07 Å². The molecule has 0 unspecified atom stereocenters. The highest BCUT2D eigenvalue weighted by Gasteiger charge is 2.55. The van der Waals surface area contributed by atoms with Crippen molar-refractivity contribution in [3.63, 3.8) is 0 Å². The van der Waals surface area contributed by atoms with Gasteiger partial charge in [-0.25, -0.2) is 0 Å². The van der Waals surface area contributed by atoms with E-state index >= 15 is 0 Å². The molecule has 2 heterocycles. The molecule has 3 rings (SSSR count). The molecule has 1 N–H and O–H groups in total. The maximum atomic E-state index is 12.3. The zero-order valence-corrected chi connectivity index (χ0v) is 12.8. The van der Waals surface area contributed by atoms with Crippen molar-refractivity contribution in [2.75, 3.05) is 6.54 Å². The van der Waals surface area contributed by atoms with Crippen molar-refractivity contribution in [2.45, 2.75) is 38.0 Å². The summed E-state index contributed by atoms with van der Waals surface area (Å²) in [6, 6.07) is 8.30. The third kappa shape index (κ3) is 2.86. The lowest BCUT2D eigenvalue weighted by atomic mass is 9.79. The third-order valence-corrected chi connectivity index (χ3v) is 4.57. The molecule has 0 bridgehead atoms. The average Bonchev–Trinajstić information content (AvgIpc) is 2.53. The number of amides is 1. The van der Waals surface area contributed by atoms with Crippen LogP contribution in [0, 0.1) is 5.92 Å². The van der Waals surface area contributed by atoms with Gasteiger partial charge in [0.1, 0.15) is 23.4 Å². The van der Waals surface area contributed by atoms with Crippen molar-refractivity contribution in [1.82, 2.24) is 4.90 Å². The molecule has 6 nitrogen and oxygen atoms in total. The fourth-order valence-corrected chi connectivity index (χ4v) is 3.26. The van der Waals surface area contributed by atoms with Crippen LogP contribution in [-0.4, -0.2) is 52.3 Å². The van der Waals surface area contributed by atoms with E-state index in [2.05, 4.69) is 0 Å². The van der Waals surface area contributed by atoms with Crippen molar-refractivity contribution in [3.05, 3.63) is 30.3 Å². The first-order chi connectivity index (χ1) is 11.0. The first-order valence-corrected chi connectivity index (χ1v) is 7.71. The Morgan fingerprint density at radius 2 is 1.96 bits per heavy atom. The molecule has 2 aliphatic heterocycles. The van der Waals surface area contributed by atoms with E-state index in [0.29, 0.717) is 5.75 Å². The number of carbonyl (C=O) groups is 3. The molecule has 23 heavy (non-hydrogen) atoms. The summed E-state index contributed by atoms with van der Waals surface area (Å²) >= 11 is 0. The summed E-state index contributed by atoms with van der Waals surface area (Å²) in [6.07, 6.45) is -1.69. The van der Waals surface area contributed by atoms with E-state index in [0.717, 1.165) is 0 Å². The van der Waals surface area contributed by atoms with Crippen LogP contribution in [0.15, 0.2) is 30.3 Å². The number of fused-ring (bicyclic) bond motifs is 1. The molecule has 1 aromatic carbocycles. The summed E-state index contributed by atoms with van der Waals surface area (Å²) in [5.41, 5.74) is 0. The maximum Gasteiger partial charge on any atom is 0.266 e. The van der Waals surface area contributed by atoms with Gasteiger partial charge in [-0.3, -0.25) is 14.4 Å². The quantitative estimate of drug-likeness (QED) is 0.824. The monoisotopic (exact) mass is 317 g/mol. The summed E-state index contributed by atoms with van der Waals surface area (Å²) in [5.74, 6) is -0.858. The lowest BCUT2D eigenvalue weighted by molar-refractivity contribution is -0.179. The standard InChI is InChI=1S/C17H19NO5/c1-10(19)13-9-11(20)7-8-18-14(15(13)21)16(17(18)22)23-12-5-3-2-4-6-12/h2-6,13-16,21H,7-9H2,1H3/t13-,14-,15+,16+/m0/s1. The van der Waals surface area contributed by atoms with Gasteiger partial charge in [-0.2, -0.15) is 0 Å². The molecule has 2 aliphatic rings. The molecule has 0 saturated carbocycles. The Kier molecular flexibility index (Phi) is 4.17. The Hall–Kier alpha value is -2.21. The Bertz CT molecular complexity index is 629. The summed E-state index contributed by atoms with van der Waals surface area (Å²) < 4.78 is 5.71. The highest BCUT2D eigenvalue weighted by atomic mass is 16.5. The number of Topliss-reactive ketones (excluding diaryl/α,β-unsaturated/α-hetero) is 2. The second-order valence-corrected chi connectivity index (χ2v) is 6.07. The molecule has 0 spiro atoms. The van der Waals surface area contributed by atoms with Crippen LogP contribution >= 0.6 is 0 Å². The van der Waals surface area contributed by atoms with Gasteiger partial charge in [0.05, 0.1) is 12.0 Å². The normalized spacial score (nSPS) is 30.8. The average molecular weight is 317 g/mol. The summed E-state index contributed by atoms with van der Waals surface area (Å²) in [7, 11) is 0. The van der Waals surface area contributed by atoms with Crippen LogP contribution < -0.4 is 4.74 Å². The number of nitrogens with zero attached hydrogens (tertiary/aromatic N) is 1. The predicted octanol–water partition coefficient (Wildman–Crippen LogP) is 0.574. The second kappa shape index (κ2) is 6.12. The van der Waals surface area contributed by atoms with Crippen molar-refractivity contribution in [2.24, 2.45) is 5.92 Å². The fraction of sp³-hybridized carbons (Fsp3) is 0.471. The van der Waals surface area contributed by atoms with E-state index in [1.54, 1.807) is 24.3 Å². The number of hydrogen-bond acceptors (Lipinski definition) is 5. The van der Waals surface area contributed by atoms with Crippen LogP contribution in [-0.2, 0) is 14.4 Å². The first kappa shape index (κ1) is 15.7. The van der Waals surface area contributed by atoms with Crippen molar-refractivity contribution >= 4 is 17.5 Å². The van der Waals surface area contributed by atoms with Gasteiger partial charge in [-0.15, -0.1) is 0 Å². The fourth-order valence-electron chi connectivity index (χ4n) is 3.26. The largest absolute Gasteiger partial charge is 0.478 e. The van der Waals surface area contributed by atoms with Gasteiger partial charge in [0.2, 0.25) is 0 Å². The topological polar surface area (TPSA) is 83.9 Å². The Labute approximate surface area is 134 Å². The minimum Gasteiger partial charge on any atom is -0.478 e. The Morgan fingerprint density at radius 3 is 2.61 bits per heavy atom. The molecule has 1 amide bonds. The molecule has 122 valence electrons. The molecule has 1 aromatic rings. The molecule has 4 atom stereocenters. The second-order valence-electron chi connectivity index (χ2n) is 6.07. The highest BCUT2D eigenvalue weighted by molar-refractivity contribution is 5.92. The first-order valence-electron chi connectivity index (χ1n) is 7.71. The predicted molar refractivity (Wildman–Crippen MR) is 80.8 cm³/mol. The number of aliphatic hydroxyl groups excluding tert-OH is 1. The number of aliphatic hydroxyl groups is 1. The lowest BCUT2D eigenvalue weighted by Gasteiger charge is -2.50. The molecular formula is C17H19NO5. The zero-order chi connectivity index (χ0) is 16.6. The van der Waals surface area contributed by atoms with Gasteiger partial charge in [0.15, 0.2) is 6.10 Å². The van der Waals surface area contributed by atoms with Gasteiger partial charge >= 0.3 is 0 Å². The van der Waals surface area contributed by atoms with E-state index in [9.17, 15) is 19.5 Å². The molecule has 0 aromatic heterocycles. The zero-order valence-electron chi connectivity index (χ0n) is 12.8. The van der Waals surface area contributed by atoms with Crippen LogP contribution in [0.3, 0.4) is 0 Å². The number of rotatable bonds is 3. The number of hydrogen-bond donors (Lipinski definition) is 1. The van der Waals surface area contributed by atoms with E-state index in [-0.39, 0.29) is 36.9 Å². The number of carbonyl (C=O) groups excluding carboxylic acids is 3. The van der Waals surface area contributed by atoms with Gasteiger partial charge in [-0.1, -0.05) is 18.2 Å². The minimum atomic E-state index is -1.09. The van der Waals surface area contributed by atoms with Crippen molar-refractivity contribution < 1.29 is 24.2 Å². The number of para-hydroxylation sites is 1. The lowest BCUT2D eigenvalue weighted by Crippen LogP contribution is -2.73. The van der Waals surface area contributed by atoms with Crippen molar-refractivity contribution in [3.8, 4) is 5.75 Å². The van der Waals surface area contributed by atoms with Gasteiger partial charge in [0.25, 0.3) is 5.91 Å². The minimum absolute atomic E-state index is 0.0209. The summed E-state index contributed by atoms with van der Waals surface area (Å²) in [4.78, 5) is 37.3. The van der Waals surface area contributed by atoms with Crippen molar-refractivity contribution in [1.29, 1.82) is 0 Å². The number of β-lactam (4-membered cyclic amide) rings is 1. The molecule has 0 aliphatic carbocycles. The van der Waals surface area contributed by atoms with Gasteiger partial charge in [0, 0.05) is 19.4 Å². The van der Waals surface area contributed by atoms with E-state index in [1.165, 1.54) is 11.8 Å². The maximum absolute atomic E-state index is 12.3. The van der Waals surface area contributed by atoms with Gasteiger partial charge in [-0.05, 0) is 19.1 Å². The molecule has 6 heteroatoms. The molecular weight excluding hydrogens is 298 g/mol. The number of ether oxygens (including phenoxy) is 1. The third-order valence-electron chi connectivity index (χ3n) is 4.57. The molecule has 0 radical (unpaired) electrons. The SMILES string of the molecule is CC(=O)[C@@H]1CC(=O)CCN2C(=O)[C@H](Oc3ccccc3)[C@@H]2[C@@H]1O. The van der Waals surface area contributed by atoms with Crippen LogP contribution in [0.4, 0.5) is 0 Å². The molecule has 2 saturated heterocycles. The molecule has 2 fully saturated rings. The van der Waals surface area contributed by atoms with Crippen LogP contribution in [0.5, 0.6) is 5.75 Å². The highest BCUT2D eigenvalue weighted by Crippen LogP contribution is 2.33. The number of ketones is 2. The summed E-state index contributed by atoms with van der Waals surface area (Å²) in [6.45, 7) is 1.62. The summed E-state index contributed by atoms with van der Waals surface area (Å²) in [5, 5.41) is 10.6. The van der Waals surface area contributed by atoms with Crippen LogP contribution in [0.25, 0.3) is 0 Å².